The van der Waals surface area contributed by atoms with E-state index in [4.69, 9.17) is 4.74 Å². The standard InChI is InChI=1S/C16H16FN3O4S/c1-9(2)18-16(23)20-13(21)7-24-15(22)12-8-25-14(19-12)10-3-5-11(17)6-4-10/h3-6,8-9H,7H2,1-2H3,(H2,18,20,21,23). The summed E-state index contributed by atoms with van der Waals surface area (Å²) >= 11 is 1.19. The van der Waals surface area contributed by atoms with E-state index in [1.165, 1.54) is 28.8 Å². The van der Waals surface area contributed by atoms with E-state index < -0.39 is 24.5 Å². The first-order valence-electron chi connectivity index (χ1n) is 7.34. The molecule has 0 bridgehead atoms. The zero-order valence-corrected chi connectivity index (χ0v) is 14.4. The van der Waals surface area contributed by atoms with Crippen molar-refractivity contribution in [2.75, 3.05) is 6.61 Å². The second-order valence-electron chi connectivity index (χ2n) is 5.30. The highest BCUT2D eigenvalue weighted by atomic mass is 32.1. The van der Waals surface area contributed by atoms with Crippen LogP contribution in [0, 0.1) is 5.82 Å². The molecule has 0 aliphatic carbocycles. The molecule has 2 aromatic rings. The SMILES string of the molecule is CC(C)NC(=O)NC(=O)COC(=O)c1csc(-c2ccc(F)cc2)n1. The van der Waals surface area contributed by atoms with Crippen LogP contribution in [0.5, 0.6) is 0 Å². The number of ether oxygens (including phenoxy) is 1. The highest BCUT2D eigenvalue weighted by molar-refractivity contribution is 7.13. The molecule has 0 radical (unpaired) electrons. The van der Waals surface area contributed by atoms with E-state index in [1.807, 2.05) is 5.32 Å². The summed E-state index contributed by atoms with van der Waals surface area (Å²) in [5.74, 6) is -1.91. The summed E-state index contributed by atoms with van der Waals surface area (Å²) in [6.07, 6.45) is 0. The van der Waals surface area contributed by atoms with Gasteiger partial charge in [0.15, 0.2) is 12.3 Å². The number of amides is 3. The number of nitrogens with zero attached hydrogens (tertiary/aromatic N) is 1. The quantitative estimate of drug-likeness (QED) is 0.793. The van der Waals surface area contributed by atoms with E-state index in [1.54, 1.807) is 26.0 Å². The minimum Gasteiger partial charge on any atom is -0.451 e. The van der Waals surface area contributed by atoms with Gasteiger partial charge in [-0.05, 0) is 38.1 Å². The van der Waals surface area contributed by atoms with Crippen LogP contribution in [0.3, 0.4) is 0 Å². The fourth-order valence-corrected chi connectivity index (χ4v) is 2.55. The van der Waals surface area contributed by atoms with Gasteiger partial charge in [0.1, 0.15) is 10.8 Å². The number of carbonyl (C=O) groups excluding carboxylic acids is 3. The maximum Gasteiger partial charge on any atom is 0.358 e. The third kappa shape index (κ3) is 5.64. The van der Waals surface area contributed by atoms with Crippen molar-refractivity contribution < 1.29 is 23.5 Å². The molecule has 0 saturated carbocycles. The van der Waals surface area contributed by atoms with Crippen molar-refractivity contribution in [1.29, 1.82) is 0 Å². The lowest BCUT2D eigenvalue weighted by Crippen LogP contribution is -2.44. The van der Waals surface area contributed by atoms with Crippen LogP contribution in [-0.4, -0.2) is 35.5 Å². The number of esters is 1. The topological polar surface area (TPSA) is 97.4 Å². The molecule has 0 atom stereocenters. The van der Waals surface area contributed by atoms with E-state index in [-0.39, 0.29) is 17.6 Å². The average Bonchev–Trinajstić information content (AvgIpc) is 3.02. The van der Waals surface area contributed by atoms with E-state index in [2.05, 4.69) is 10.3 Å². The molecule has 0 aliphatic heterocycles. The summed E-state index contributed by atoms with van der Waals surface area (Å²) in [7, 11) is 0. The lowest BCUT2D eigenvalue weighted by molar-refractivity contribution is -0.123. The van der Waals surface area contributed by atoms with E-state index in [0.29, 0.717) is 10.6 Å². The largest absolute Gasteiger partial charge is 0.451 e. The zero-order chi connectivity index (χ0) is 18.4. The minimum atomic E-state index is -0.788. The van der Waals surface area contributed by atoms with Crippen LogP contribution in [0.15, 0.2) is 29.6 Å². The predicted octanol–water partition coefficient (Wildman–Crippen LogP) is 2.34. The Morgan fingerprint density at radius 2 is 1.92 bits per heavy atom. The fraction of sp³-hybridized carbons (Fsp3) is 0.250. The van der Waals surface area contributed by atoms with Crippen molar-refractivity contribution in [2.24, 2.45) is 0 Å². The van der Waals surface area contributed by atoms with Gasteiger partial charge in [-0.3, -0.25) is 10.1 Å². The van der Waals surface area contributed by atoms with Crippen molar-refractivity contribution in [2.45, 2.75) is 19.9 Å². The van der Waals surface area contributed by atoms with Crippen LogP contribution in [0.1, 0.15) is 24.3 Å². The predicted molar refractivity (Wildman–Crippen MR) is 89.6 cm³/mol. The van der Waals surface area contributed by atoms with Crippen molar-refractivity contribution in [3.05, 3.63) is 41.2 Å². The molecule has 132 valence electrons. The number of hydrogen-bond donors (Lipinski definition) is 2. The van der Waals surface area contributed by atoms with Crippen LogP contribution >= 0.6 is 11.3 Å². The average molecular weight is 365 g/mol. The van der Waals surface area contributed by atoms with Gasteiger partial charge < -0.3 is 10.1 Å². The molecule has 3 amide bonds. The van der Waals surface area contributed by atoms with Crippen molar-refractivity contribution in [1.82, 2.24) is 15.6 Å². The first-order valence-corrected chi connectivity index (χ1v) is 8.22. The van der Waals surface area contributed by atoms with Crippen molar-refractivity contribution in [3.63, 3.8) is 0 Å². The van der Waals surface area contributed by atoms with Crippen LogP contribution in [-0.2, 0) is 9.53 Å². The van der Waals surface area contributed by atoms with E-state index in [0.717, 1.165) is 0 Å². The summed E-state index contributed by atoms with van der Waals surface area (Å²) < 4.78 is 17.7. The molecular formula is C16H16FN3O4S. The first kappa shape index (κ1) is 18.5. The minimum absolute atomic E-state index is 0.0313. The maximum atomic E-state index is 12.9. The Morgan fingerprint density at radius 1 is 1.24 bits per heavy atom. The molecule has 2 N–H and O–H groups in total. The summed E-state index contributed by atoms with van der Waals surface area (Å²) in [6.45, 7) is 2.88. The third-order valence-corrected chi connectivity index (χ3v) is 3.70. The Hall–Kier alpha value is -2.81. The number of halogens is 1. The molecule has 0 aliphatic rings. The molecule has 1 heterocycles. The van der Waals surface area contributed by atoms with E-state index in [9.17, 15) is 18.8 Å². The van der Waals surface area contributed by atoms with Gasteiger partial charge in [0.25, 0.3) is 5.91 Å². The van der Waals surface area contributed by atoms with Gasteiger partial charge in [-0.2, -0.15) is 0 Å². The number of rotatable bonds is 5. The highest BCUT2D eigenvalue weighted by Crippen LogP contribution is 2.24. The van der Waals surface area contributed by atoms with Crippen molar-refractivity contribution >= 4 is 29.2 Å². The van der Waals surface area contributed by atoms with Gasteiger partial charge in [0, 0.05) is 17.0 Å². The molecule has 1 aromatic heterocycles. The first-order chi connectivity index (χ1) is 11.8. The second kappa shape index (κ2) is 8.34. The molecule has 0 unspecified atom stereocenters. The molecule has 1 aromatic carbocycles. The molecule has 0 spiro atoms. The lowest BCUT2D eigenvalue weighted by atomic mass is 10.2. The molecular weight excluding hydrogens is 349 g/mol. The Morgan fingerprint density at radius 3 is 2.56 bits per heavy atom. The van der Waals surface area contributed by atoms with Crippen LogP contribution < -0.4 is 10.6 Å². The molecule has 0 saturated heterocycles. The Labute approximate surface area is 147 Å². The smallest absolute Gasteiger partial charge is 0.358 e. The Bertz CT molecular complexity index is 774. The maximum absolute atomic E-state index is 12.9. The molecule has 0 fully saturated rings. The van der Waals surface area contributed by atoms with Crippen LogP contribution in [0.4, 0.5) is 9.18 Å². The van der Waals surface area contributed by atoms with Gasteiger partial charge in [0.05, 0.1) is 0 Å². The third-order valence-electron chi connectivity index (χ3n) is 2.81. The summed E-state index contributed by atoms with van der Waals surface area (Å²) in [5, 5.41) is 6.50. The van der Waals surface area contributed by atoms with Gasteiger partial charge in [-0.25, -0.2) is 19.0 Å². The number of imide groups is 1. The summed E-state index contributed by atoms with van der Waals surface area (Å²) in [4.78, 5) is 38.9. The van der Waals surface area contributed by atoms with Gasteiger partial charge >= 0.3 is 12.0 Å². The van der Waals surface area contributed by atoms with E-state index >= 15 is 0 Å². The number of aromatic nitrogens is 1. The lowest BCUT2D eigenvalue weighted by Gasteiger charge is -2.09. The number of thiazole rings is 1. The monoisotopic (exact) mass is 365 g/mol. The number of hydrogen-bond acceptors (Lipinski definition) is 6. The molecule has 9 heteroatoms. The van der Waals surface area contributed by atoms with Crippen LogP contribution in [0.2, 0.25) is 0 Å². The normalized spacial score (nSPS) is 10.4. The summed E-state index contributed by atoms with van der Waals surface area (Å²) in [5.41, 5.74) is 0.692. The van der Waals surface area contributed by atoms with Gasteiger partial charge in [0.2, 0.25) is 0 Å². The second-order valence-corrected chi connectivity index (χ2v) is 6.16. The van der Waals surface area contributed by atoms with Gasteiger partial charge in [-0.1, -0.05) is 0 Å². The van der Waals surface area contributed by atoms with Crippen LogP contribution in [0.25, 0.3) is 10.6 Å². The number of benzene rings is 1. The van der Waals surface area contributed by atoms with Gasteiger partial charge in [-0.15, -0.1) is 11.3 Å². The Kier molecular flexibility index (Phi) is 6.18. The highest BCUT2D eigenvalue weighted by Gasteiger charge is 2.16. The number of carbonyl (C=O) groups is 3. The number of nitrogens with one attached hydrogen (secondary N) is 2. The Balaban J connectivity index is 1.88. The summed E-state index contributed by atoms with van der Waals surface area (Å²) in [6, 6.07) is 4.88. The van der Waals surface area contributed by atoms with Crippen molar-refractivity contribution in [3.8, 4) is 10.6 Å². The molecule has 25 heavy (non-hydrogen) atoms. The molecule has 2 rings (SSSR count). The zero-order valence-electron chi connectivity index (χ0n) is 13.5. The fourth-order valence-electron chi connectivity index (χ4n) is 1.76. The number of urea groups is 1. The molecule has 7 nitrogen and oxygen atoms in total.